The number of hydrogen-bond acceptors (Lipinski definition) is 12. The fourth-order valence-corrected chi connectivity index (χ4v) is 11.0. The van der Waals surface area contributed by atoms with Crippen molar-refractivity contribution in [2.24, 2.45) is 0 Å². The van der Waals surface area contributed by atoms with Crippen molar-refractivity contribution in [2.45, 2.75) is 83.1 Å². The molecular weight excluding hydrogens is 1190 g/mol. The summed E-state index contributed by atoms with van der Waals surface area (Å²) in [4.78, 5) is 116. The first-order chi connectivity index (χ1) is 44.6. The highest BCUT2D eigenvalue weighted by Crippen LogP contribution is 2.37. The smallest absolute Gasteiger partial charge is 0.259 e. The maximum absolute atomic E-state index is 14.8. The molecule has 10 N–H and O–H groups in total. The fourth-order valence-electron chi connectivity index (χ4n) is 11.0. The summed E-state index contributed by atoms with van der Waals surface area (Å²) < 4.78 is 12.0. The van der Waals surface area contributed by atoms with Gasteiger partial charge in [0.25, 0.3) is 47.3 Å². The maximum Gasteiger partial charge on any atom is 0.259 e. The van der Waals surface area contributed by atoms with Crippen molar-refractivity contribution in [3.8, 4) is 58.9 Å². The SMILES string of the molecule is Cc1cc2c(O)c(c1)C(=O)Nc1cc(c(C)cc1C)NC(=O)c1cc(C)cc3c1OC#CC#CC#COc1c(cc(C)cc1C(=O)Nc1cc(c(C)cc1C)NC(=O)c1cc(C)cc(c1O)C(=O)Nc1cc(c(C)cc1C)NC3=O)C(=O)Nc1cc(c(C)cc1C)NC2=O. The van der Waals surface area contributed by atoms with Crippen LogP contribution in [0.5, 0.6) is 23.0 Å². The molecule has 0 atom stereocenters. The van der Waals surface area contributed by atoms with E-state index in [1.807, 2.05) is 0 Å². The third-order valence-corrected chi connectivity index (χ3v) is 15.8. The van der Waals surface area contributed by atoms with Gasteiger partial charge in [-0.05, 0) is 223 Å². The van der Waals surface area contributed by atoms with Crippen molar-refractivity contribution in [3.05, 3.63) is 208 Å². The van der Waals surface area contributed by atoms with Crippen LogP contribution >= 0.6 is 0 Å². The van der Waals surface area contributed by atoms with Crippen molar-refractivity contribution in [2.75, 3.05) is 42.5 Å². The van der Waals surface area contributed by atoms with Gasteiger partial charge in [0.2, 0.25) is 0 Å². The van der Waals surface area contributed by atoms with E-state index in [0.29, 0.717) is 66.8 Å². The summed E-state index contributed by atoms with van der Waals surface area (Å²) in [6.07, 6.45) is 4.91. The van der Waals surface area contributed by atoms with E-state index in [1.54, 1.807) is 107 Å². The number of carbonyl (C=O) groups excluding carboxylic acids is 8. The summed E-state index contributed by atoms with van der Waals surface area (Å²) in [7, 11) is 0. The average molecular weight is 1260 g/mol. The van der Waals surface area contributed by atoms with Gasteiger partial charge in [0, 0.05) is 69.2 Å². The predicted octanol–water partition coefficient (Wildman–Crippen LogP) is 12.8. The maximum atomic E-state index is 14.8. The van der Waals surface area contributed by atoms with Crippen LogP contribution < -0.4 is 52.0 Å². The summed E-state index contributed by atoms with van der Waals surface area (Å²) >= 11 is 0. The second-order valence-corrected chi connectivity index (χ2v) is 23.3. The van der Waals surface area contributed by atoms with E-state index in [4.69, 9.17) is 9.47 Å². The van der Waals surface area contributed by atoms with Crippen LogP contribution in [0.15, 0.2) is 97.1 Å². The van der Waals surface area contributed by atoms with E-state index >= 15 is 0 Å². The topological polar surface area (TPSA) is 292 Å². The van der Waals surface area contributed by atoms with E-state index < -0.39 is 58.8 Å². The lowest BCUT2D eigenvalue weighted by molar-refractivity contribution is 0.100. The van der Waals surface area contributed by atoms with Crippen LogP contribution in [0.1, 0.15) is 150 Å². The van der Waals surface area contributed by atoms with Crippen LogP contribution in [-0.2, 0) is 0 Å². The molecule has 14 bridgehead atoms. The van der Waals surface area contributed by atoms with Gasteiger partial charge < -0.3 is 62.2 Å². The first kappa shape index (κ1) is 64.4. The number of fused-ring (bicyclic) bond motifs is 16. The van der Waals surface area contributed by atoms with Gasteiger partial charge in [0.1, 0.15) is 23.7 Å². The average Bonchev–Trinajstić information content (AvgIpc) is 0.812. The Kier molecular flexibility index (Phi) is 17.9. The lowest BCUT2D eigenvalue weighted by Gasteiger charge is -2.19. The minimum atomic E-state index is -0.797. The third-order valence-electron chi connectivity index (χ3n) is 15.8. The number of rotatable bonds is 0. The Labute approximate surface area is 541 Å². The van der Waals surface area contributed by atoms with Crippen LogP contribution in [0.3, 0.4) is 0 Å². The van der Waals surface area contributed by atoms with Gasteiger partial charge >= 0.3 is 0 Å². The zero-order valence-corrected chi connectivity index (χ0v) is 53.2. The second kappa shape index (κ2) is 26.1. The van der Waals surface area contributed by atoms with Crippen molar-refractivity contribution in [1.29, 1.82) is 0 Å². The number of anilines is 8. The summed E-state index contributed by atoms with van der Waals surface area (Å²) in [6, 6.07) is 24.4. The first-order valence-electron chi connectivity index (χ1n) is 29.4. The van der Waals surface area contributed by atoms with Crippen LogP contribution in [0, 0.1) is 119 Å². The summed E-state index contributed by atoms with van der Waals surface area (Å²) in [5.74, 6) is 1.87. The lowest BCUT2D eigenvalue weighted by atomic mass is 10.0. The summed E-state index contributed by atoms with van der Waals surface area (Å²) in [5, 5.41) is 46.3. The van der Waals surface area contributed by atoms with Crippen molar-refractivity contribution < 1.29 is 58.0 Å². The Morgan fingerprint density at radius 3 is 0.606 bits per heavy atom. The number of phenolic OH excluding ortho intramolecular Hbond substituents is 2. The molecule has 470 valence electrons. The molecule has 0 saturated carbocycles. The highest BCUT2D eigenvalue weighted by atomic mass is 16.5. The first-order valence-corrected chi connectivity index (χ1v) is 29.4. The Morgan fingerprint density at radius 2 is 0.415 bits per heavy atom. The zero-order chi connectivity index (χ0) is 67.7. The van der Waals surface area contributed by atoms with E-state index in [0.717, 1.165) is 0 Å². The molecule has 0 radical (unpaired) electrons. The molecule has 94 heavy (non-hydrogen) atoms. The molecule has 2 aliphatic heterocycles. The molecule has 0 saturated heterocycles. The molecule has 0 aliphatic carbocycles. The monoisotopic (exact) mass is 1250 g/mol. The Morgan fingerprint density at radius 1 is 0.245 bits per heavy atom. The van der Waals surface area contributed by atoms with Gasteiger partial charge in [-0.2, -0.15) is 0 Å². The fraction of sp³-hybridized carbons (Fsp3) is 0.162. The van der Waals surface area contributed by atoms with Crippen LogP contribution in [0.25, 0.3) is 0 Å². The number of aromatic hydroxyl groups is 2. The van der Waals surface area contributed by atoms with Crippen LogP contribution in [0.4, 0.5) is 45.5 Å². The molecular formula is C74H62N8O12. The highest BCUT2D eigenvalue weighted by Gasteiger charge is 2.29. The predicted molar refractivity (Wildman–Crippen MR) is 360 cm³/mol. The van der Waals surface area contributed by atoms with Crippen LogP contribution in [-0.4, -0.2) is 57.5 Å². The van der Waals surface area contributed by atoms with E-state index in [1.165, 1.54) is 72.8 Å². The van der Waals surface area contributed by atoms with Crippen LogP contribution in [0.2, 0.25) is 0 Å². The molecule has 0 fully saturated rings. The minimum absolute atomic E-state index is 0.173. The lowest BCUT2D eigenvalue weighted by Crippen LogP contribution is -2.20. The normalized spacial score (nSPS) is 13.4. The van der Waals surface area contributed by atoms with E-state index in [2.05, 4.69) is 78.4 Å². The molecule has 10 rings (SSSR count). The third kappa shape index (κ3) is 13.5. The van der Waals surface area contributed by atoms with Crippen molar-refractivity contribution >= 4 is 92.8 Å². The molecule has 20 nitrogen and oxygen atoms in total. The molecule has 8 aromatic carbocycles. The minimum Gasteiger partial charge on any atom is -0.506 e. The van der Waals surface area contributed by atoms with Gasteiger partial charge in [0.15, 0.2) is 11.5 Å². The van der Waals surface area contributed by atoms with Gasteiger partial charge in [-0.1, -0.05) is 24.3 Å². The van der Waals surface area contributed by atoms with E-state index in [9.17, 15) is 48.6 Å². The highest BCUT2D eigenvalue weighted by molar-refractivity contribution is 6.17. The number of phenols is 2. The molecule has 0 aromatic heterocycles. The Bertz CT molecular complexity index is 4370. The molecule has 0 spiro atoms. The molecule has 2 heterocycles. The number of ether oxygens (including phenoxy) is 2. The number of hydrogen-bond donors (Lipinski definition) is 10. The number of aryl methyl sites for hydroxylation is 12. The quantitative estimate of drug-likeness (QED) is 0.0634. The van der Waals surface area contributed by atoms with Gasteiger partial charge in [-0.15, -0.1) is 0 Å². The molecule has 0 unspecified atom stereocenters. The number of carbonyl (C=O) groups is 8. The number of nitrogens with one attached hydrogen (secondary N) is 8. The summed E-state index contributed by atoms with van der Waals surface area (Å²) in [5.41, 5.74) is 6.31. The Hall–Kier alpha value is -12.6. The number of amides is 8. The van der Waals surface area contributed by atoms with Crippen molar-refractivity contribution in [3.63, 3.8) is 0 Å². The van der Waals surface area contributed by atoms with Gasteiger partial charge in [0.05, 0.1) is 44.5 Å². The molecule has 8 aromatic rings. The molecule has 2 aliphatic rings. The van der Waals surface area contributed by atoms with Crippen molar-refractivity contribution in [1.82, 2.24) is 0 Å². The molecule has 20 heteroatoms. The largest absolute Gasteiger partial charge is 0.506 e. The van der Waals surface area contributed by atoms with Gasteiger partial charge in [-0.25, -0.2) is 0 Å². The van der Waals surface area contributed by atoms with Gasteiger partial charge in [-0.3, -0.25) is 38.4 Å². The Balaban J connectivity index is 1.17. The number of benzene rings is 8. The zero-order valence-electron chi connectivity index (χ0n) is 53.2. The van der Waals surface area contributed by atoms with E-state index in [-0.39, 0.29) is 102 Å². The molecule has 8 amide bonds. The second-order valence-electron chi connectivity index (χ2n) is 23.3. The standard InChI is InChI=1S/C74H62N8O12/c1-35-19-47-63(83)48(20-35)68(86)76-56-32-60(44(10)28-40(56)6)80-72(90)52-24-38(4)26-54-66(52)94-18-16-14-13-15-17-93-65-51(71(89)79-59-31-55(75-67(47)85)39(5)27-43(59)9)23-37(3)25-53(65)73(91)81-61-33-57(41(7)29-45(61)11)77-69(87)49-21-36(2)22-50(64(49)84)70(88)78-58-34-62(82-74(54)92)46(12)30-42(58)8/h19-34,83-84H,1-12H3,(H,75,85)(H,76,86)(H,77,87)(H,78,88)(H,79,89)(H,80,90)(H,81,91)(H,82,92). The summed E-state index contributed by atoms with van der Waals surface area (Å²) in [6.45, 7) is 20.4.